The maximum atomic E-state index is 6.03. The quantitative estimate of drug-likeness (QED) is 0.666. The van der Waals surface area contributed by atoms with E-state index >= 15 is 0 Å². The van der Waals surface area contributed by atoms with Gasteiger partial charge in [-0.3, -0.25) is 0 Å². The van der Waals surface area contributed by atoms with Gasteiger partial charge in [-0.2, -0.15) is 0 Å². The number of likely N-dealkylation sites (tertiary alicyclic amines) is 1. The Kier molecular flexibility index (Phi) is 4.82. The number of nitrogens with zero attached hydrogens (tertiary/aromatic N) is 1. The van der Waals surface area contributed by atoms with E-state index in [-0.39, 0.29) is 0 Å². The average molecular weight is 225 g/mol. The van der Waals surface area contributed by atoms with Crippen LogP contribution in [-0.2, 0) is 9.47 Å². The van der Waals surface area contributed by atoms with Gasteiger partial charge in [-0.25, -0.2) is 0 Å². The van der Waals surface area contributed by atoms with E-state index in [0.717, 1.165) is 32.6 Å². The fourth-order valence-corrected chi connectivity index (χ4v) is 2.44. The molecule has 2 fully saturated rings. The lowest BCUT2D eigenvalue weighted by Crippen LogP contribution is -2.38. The maximum Gasteiger partial charge on any atom is 0.0834 e. The highest BCUT2D eigenvalue weighted by Gasteiger charge is 2.24. The summed E-state index contributed by atoms with van der Waals surface area (Å²) >= 11 is 0. The van der Waals surface area contributed by atoms with Gasteiger partial charge in [0.1, 0.15) is 0 Å². The van der Waals surface area contributed by atoms with Crippen LogP contribution in [0, 0.1) is 0 Å². The number of piperidine rings is 1. The van der Waals surface area contributed by atoms with Gasteiger partial charge in [-0.15, -0.1) is 6.58 Å². The summed E-state index contributed by atoms with van der Waals surface area (Å²) in [6, 6.07) is 0. The molecule has 0 aromatic heterocycles. The summed E-state index contributed by atoms with van der Waals surface area (Å²) < 4.78 is 11.4. The van der Waals surface area contributed by atoms with Crippen molar-refractivity contribution >= 4 is 0 Å². The average Bonchev–Trinajstić information content (AvgIpc) is 2.81. The van der Waals surface area contributed by atoms with Gasteiger partial charge in [0, 0.05) is 26.2 Å². The monoisotopic (exact) mass is 225 g/mol. The van der Waals surface area contributed by atoms with E-state index in [0.29, 0.717) is 12.2 Å². The first kappa shape index (κ1) is 12.1. The van der Waals surface area contributed by atoms with E-state index in [4.69, 9.17) is 9.47 Å². The second-order valence-corrected chi connectivity index (χ2v) is 4.74. The summed E-state index contributed by atoms with van der Waals surface area (Å²) in [6.07, 6.45) is 7.36. The van der Waals surface area contributed by atoms with Gasteiger partial charge in [0.05, 0.1) is 18.8 Å². The van der Waals surface area contributed by atoms with Gasteiger partial charge in [0.2, 0.25) is 0 Å². The summed E-state index contributed by atoms with van der Waals surface area (Å²) in [7, 11) is 0. The van der Waals surface area contributed by atoms with Crippen LogP contribution >= 0.6 is 0 Å². The standard InChI is InChI=1S/C13H23NO2/c1-2-3-7-14-8-4-12(5-9-14)16-13-6-10-15-11-13/h2,12-13H,1,3-11H2/t13-/m0/s1. The fraction of sp³-hybridized carbons (Fsp3) is 0.846. The van der Waals surface area contributed by atoms with E-state index in [2.05, 4.69) is 11.5 Å². The number of rotatable bonds is 5. The molecule has 0 N–H and O–H groups in total. The van der Waals surface area contributed by atoms with E-state index in [9.17, 15) is 0 Å². The summed E-state index contributed by atoms with van der Waals surface area (Å²) in [4.78, 5) is 2.51. The van der Waals surface area contributed by atoms with Crippen LogP contribution in [0.25, 0.3) is 0 Å². The van der Waals surface area contributed by atoms with Crippen LogP contribution < -0.4 is 0 Å². The zero-order valence-electron chi connectivity index (χ0n) is 10.1. The molecule has 92 valence electrons. The minimum Gasteiger partial charge on any atom is -0.379 e. The van der Waals surface area contributed by atoms with Crippen molar-refractivity contribution in [3.05, 3.63) is 12.7 Å². The zero-order valence-corrected chi connectivity index (χ0v) is 10.1. The first-order chi connectivity index (χ1) is 7.88. The van der Waals surface area contributed by atoms with Crippen LogP contribution in [0.4, 0.5) is 0 Å². The highest BCUT2D eigenvalue weighted by atomic mass is 16.5. The first-order valence-corrected chi connectivity index (χ1v) is 6.45. The molecule has 0 saturated carbocycles. The molecule has 0 aromatic rings. The Balaban J connectivity index is 1.62. The lowest BCUT2D eigenvalue weighted by Gasteiger charge is -2.32. The Morgan fingerprint density at radius 1 is 1.25 bits per heavy atom. The molecule has 0 spiro atoms. The summed E-state index contributed by atoms with van der Waals surface area (Å²) in [6.45, 7) is 8.94. The van der Waals surface area contributed by atoms with Crippen molar-refractivity contribution in [3.63, 3.8) is 0 Å². The minimum absolute atomic E-state index is 0.365. The highest BCUT2D eigenvalue weighted by molar-refractivity contribution is 4.77. The van der Waals surface area contributed by atoms with Crippen molar-refractivity contribution in [1.82, 2.24) is 4.90 Å². The Morgan fingerprint density at radius 3 is 2.69 bits per heavy atom. The molecule has 0 bridgehead atoms. The molecule has 16 heavy (non-hydrogen) atoms. The van der Waals surface area contributed by atoms with Crippen LogP contribution in [-0.4, -0.2) is 50.0 Å². The molecule has 2 saturated heterocycles. The topological polar surface area (TPSA) is 21.7 Å². The van der Waals surface area contributed by atoms with Gasteiger partial charge >= 0.3 is 0 Å². The molecule has 2 heterocycles. The van der Waals surface area contributed by atoms with Crippen LogP contribution in [0.1, 0.15) is 25.7 Å². The van der Waals surface area contributed by atoms with Crippen LogP contribution in [0.3, 0.4) is 0 Å². The molecule has 1 atom stereocenters. The first-order valence-electron chi connectivity index (χ1n) is 6.45. The second kappa shape index (κ2) is 6.38. The van der Waals surface area contributed by atoms with Gasteiger partial charge in [-0.1, -0.05) is 6.08 Å². The largest absolute Gasteiger partial charge is 0.379 e. The molecular weight excluding hydrogens is 202 g/mol. The molecule has 2 aliphatic heterocycles. The molecule has 0 unspecified atom stereocenters. The van der Waals surface area contributed by atoms with Crippen molar-refractivity contribution < 1.29 is 9.47 Å². The Morgan fingerprint density at radius 2 is 2.06 bits per heavy atom. The Labute approximate surface area is 98.4 Å². The van der Waals surface area contributed by atoms with E-state index < -0.39 is 0 Å². The third kappa shape index (κ3) is 3.58. The Bertz CT molecular complexity index is 206. The van der Waals surface area contributed by atoms with Crippen molar-refractivity contribution in [1.29, 1.82) is 0 Å². The van der Waals surface area contributed by atoms with Crippen LogP contribution in [0.2, 0.25) is 0 Å². The lowest BCUT2D eigenvalue weighted by atomic mass is 10.1. The predicted octanol–water partition coefficient (Wildman–Crippen LogP) is 1.83. The molecule has 2 aliphatic rings. The molecule has 0 radical (unpaired) electrons. The summed E-state index contributed by atoms with van der Waals surface area (Å²) in [5.74, 6) is 0. The smallest absolute Gasteiger partial charge is 0.0834 e. The lowest BCUT2D eigenvalue weighted by molar-refractivity contribution is -0.0436. The van der Waals surface area contributed by atoms with Crippen molar-refractivity contribution in [2.24, 2.45) is 0 Å². The fourth-order valence-electron chi connectivity index (χ4n) is 2.44. The van der Waals surface area contributed by atoms with Gasteiger partial charge in [0.25, 0.3) is 0 Å². The molecule has 2 rings (SSSR count). The SMILES string of the molecule is C=CCCN1CCC(O[C@H]2CCOC2)CC1. The number of ether oxygens (including phenoxy) is 2. The predicted molar refractivity (Wildman–Crippen MR) is 64.6 cm³/mol. The number of hydrogen-bond acceptors (Lipinski definition) is 3. The van der Waals surface area contributed by atoms with E-state index in [1.807, 2.05) is 6.08 Å². The molecular formula is C13H23NO2. The van der Waals surface area contributed by atoms with Crippen LogP contribution in [0.5, 0.6) is 0 Å². The minimum atomic E-state index is 0.365. The Hall–Kier alpha value is -0.380. The van der Waals surface area contributed by atoms with Crippen molar-refractivity contribution in [2.45, 2.75) is 37.9 Å². The molecule has 3 nitrogen and oxygen atoms in total. The van der Waals surface area contributed by atoms with Crippen molar-refractivity contribution in [3.8, 4) is 0 Å². The maximum absolute atomic E-state index is 6.03. The van der Waals surface area contributed by atoms with Gasteiger partial charge < -0.3 is 14.4 Å². The molecule has 0 amide bonds. The zero-order chi connectivity index (χ0) is 11.2. The third-order valence-electron chi connectivity index (χ3n) is 3.46. The molecule has 3 heteroatoms. The summed E-state index contributed by atoms with van der Waals surface area (Å²) in [5, 5.41) is 0. The van der Waals surface area contributed by atoms with Crippen LogP contribution in [0.15, 0.2) is 12.7 Å². The van der Waals surface area contributed by atoms with Crippen molar-refractivity contribution in [2.75, 3.05) is 32.8 Å². The second-order valence-electron chi connectivity index (χ2n) is 4.74. The van der Waals surface area contributed by atoms with Gasteiger partial charge in [0.15, 0.2) is 0 Å². The normalized spacial score (nSPS) is 28.4. The number of hydrogen-bond donors (Lipinski definition) is 0. The van der Waals surface area contributed by atoms with E-state index in [1.54, 1.807) is 0 Å². The summed E-state index contributed by atoms with van der Waals surface area (Å²) in [5.41, 5.74) is 0. The third-order valence-corrected chi connectivity index (χ3v) is 3.46. The van der Waals surface area contributed by atoms with Gasteiger partial charge in [-0.05, 0) is 25.7 Å². The molecule has 0 aliphatic carbocycles. The van der Waals surface area contributed by atoms with E-state index in [1.165, 1.54) is 25.9 Å². The highest BCUT2D eigenvalue weighted by Crippen LogP contribution is 2.19. The molecule has 0 aromatic carbocycles.